The summed E-state index contributed by atoms with van der Waals surface area (Å²) in [5.41, 5.74) is 1.05. The van der Waals surface area contributed by atoms with E-state index >= 15 is 0 Å². The maximum absolute atomic E-state index is 4.83. The third-order valence-corrected chi connectivity index (χ3v) is 1.62. The third-order valence-electron chi connectivity index (χ3n) is 0.732. The molecule has 0 aromatic rings. The Morgan fingerprint density at radius 2 is 2.50 bits per heavy atom. The zero-order valence-corrected chi connectivity index (χ0v) is 6.11. The van der Waals surface area contributed by atoms with Crippen molar-refractivity contribution >= 4 is 8.81 Å². The predicted molar refractivity (Wildman–Crippen MR) is 39.5 cm³/mol. The van der Waals surface area contributed by atoms with E-state index in [1.807, 2.05) is 0 Å². The van der Waals surface area contributed by atoms with Gasteiger partial charge in [-0.2, -0.15) is 0 Å². The molecule has 0 radical (unpaired) electrons. The van der Waals surface area contributed by atoms with E-state index in [1.165, 1.54) is 0 Å². The smallest absolute Gasteiger partial charge is 0.0394 e. The van der Waals surface area contributed by atoms with Gasteiger partial charge in [-0.25, -0.2) is 0 Å². The standard InChI is InChI=1S/C6H11OP/c1-4-6(2)5-8-7-3/h4,8H,1-2,5H2,3H3. The molecule has 0 aliphatic rings. The van der Waals surface area contributed by atoms with Crippen molar-refractivity contribution in [2.24, 2.45) is 0 Å². The van der Waals surface area contributed by atoms with Crippen molar-refractivity contribution in [2.75, 3.05) is 13.3 Å². The first kappa shape index (κ1) is 7.87. The van der Waals surface area contributed by atoms with E-state index in [2.05, 4.69) is 13.2 Å². The fourth-order valence-corrected chi connectivity index (χ4v) is 0.711. The van der Waals surface area contributed by atoms with Gasteiger partial charge in [-0.05, 0) is 5.57 Å². The van der Waals surface area contributed by atoms with Gasteiger partial charge in [0.15, 0.2) is 0 Å². The van der Waals surface area contributed by atoms with Crippen LogP contribution in [-0.2, 0) is 4.52 Å². The summed E-state index contributed by atoms with van der Waals surface area (Å²) in [6, 6.07) is 0. The van der Waals surface area contributed by atoms with Gasteiger partial charge < -0.3 is 4.52 Å². The summed E-state index contributed by atoms with van der Waals surface area (Å²) in [6.07, 6.45) is 2.67. The summed E-state index contributed by atoms with van der Waals surface area (Å²) < 4.78 is 4.83. The van der Waals surface area contributed by atoms with Crippen LogP contribution >= 0.6 is 8.81 Å². The van der Waals surface area contributed by atoms with Crippen molar-refractivity contribution in [1.82, 2.24) is 0 Å². The molecule has 1 unspecified atom stereocenters. The van der Waals surface area contributed by atoms with E-state index in [-0.39, 0.29) is 0 Å². The monoisotopic (exact) mass is 130 g/mol. The van der Waals surface area contributed by atoms with E-state index in [0.29, 0.717) is 8.81 Å². The molecule has 0 saturated heterocycles. The molecule has 0 spiro atoms. The predicted octanol–water partition coefficient (Wildman–Crippen LogP) is 1.97. The lowest BCUT2D eigenvalue weighted by Gasteiger charge is -1.95. The highest BCUT2D eigenvalue weighted by atomic mass is 31.1. The van der Waals surface area contributed by atoms with Gasteiger partial charge in [0.25, 0.3) is 0 Å². The molecule has 46 valence electrons. The molecule has 0 fully saturated rings. The van der Waals surface area contributed by atoms with Gasteiger partial charge in [-0.3, -0.25) is 0 Å². The molecule has 0 rings (SSSR count). The fraction of sp³-hybridized carbons (Fsp3) is 0.333. The van der Waals surface area contributed by atoms with Gasteiger partial charge in [0.05, 0.1) is 0 Å². The van der Waals surface area contributed by atoms with Crippen LogP contribution in [0.25, 0.3) is 0 Å². The highest BCUT2D eigenvalue weighted by Gasteiger charge is 1.84. The number of hydrogen-bond acceptors (Lipinski definition) is 1. The summed E-state index contributed by atoms with van der Waals surface area (Å²) in [5.74, 6) is 0. The SMILES string of the molecule is C=CC(=C)CPOC. The van der Waals surface area contributed by atoms with Crippen molar-refractivity contribution in [3.05, 3.63) is 24.8 Å². The van der Waals surface area contributed by atoms with Crippen LogP contribution in [0.4, 0.5) is 0 Å². The van der Waals surface area contributed by atoms with Crippen LogP contribution in [0, 0.1) is 0 Å². The van der Waals surface area contributed by atoms with Gasteiger partial charge in [0, 0.05) is 22.1 Å². The maximum atomic E-state index is 4.83. The molecule has 0 heterocycles. The Morgan fingerprint density at radius 3 is 2.88 bits per heavy atom. The Labute approximate surface area is 52.3 Å². The Kier molecular flexibility index (Phi) is 4.93. The van der Waals surface area contributed by atoms with Crippen molar-refractivity contribution in [3.63, 3.8) is 0 Å². The van der Waals surface area contributed by atoms with Crippen molar-refractivity contribution in [1.29, 1.82) is 0 Å². The van der Waals surface area contributed by atoms with Crippen LogP contribution in [0.3, 0.4) is 0 Å². The lowest BCUT2D eigenvalue weighted by Crippen LogP contribution is -1.76. The average molecular weight is 130 g/mol. The second kappa shape index (κ2) is 5.02. The maximum Gasteiger partial charge on any atom is 0.0394 e. The van der Waals surface area contributed by atoms with Gasteiger partial charge in [0.2, 0.25) is 0 Å². The van der Waals surface area contributed by atoms with Crippen LogP contribution in [0.15, 0.2) is 24.8 Å². The molecule has 1 atom stereocenters. The van der Waals surface area contributed by atoms with E-state index in [9.17, 15) is 0 Å². The Balaban J connectivity index is 3.11. The third kappa shape index (κ3) is 4.04. The van der Waals surface area contributed by atoms with Crippen molar-refractivity contribution < 1.29 is 4.52 Å². The molecule has 0 bridgehead atoms. The molecule has 0 aliphatic carbocycles. The van der Waals surface area contributed by atoms with Crippen molar-refractivity contribution in [2.45, 2.75) is 0 Å². The van der Waals surface area contributed by atoms with Crippen LogP contribution < -0.4 is 0 Å². The Bertz CT molecular complexity index is 88.5. The summed E-state index contributed by atoms with van der Waals surface area (Å²) in [6.45, 7) is 7.28. The molecular formula is C6H11OP. The molecule has 1 nitrogen and oxygen atoms in total. The van der Waals surface area contributed by atoms with E-state index in [0.717, 1.165) is 11.7 Å². The largest absolute Gasteiger partial charge is 0.365 e. The first-order valence-corrected chi connectivity index (χ1v) is 3.49. The van der Waals surface area contributed by atoms with Gasteiger partial charge in [0.1, 0.15) is 0 Å². The normalized spacial score (nSPS) is 10.1. The molecule has 8 heavy (non-hydrogen) atoms. The number of rotatable bonds is 4. The van der Waals surface area contributed by atoms with Crippen LogP contribution in [0.2, 0.25) is 0 Å². The summed E-state index contributed by atoms with van der Waals surface area (Å²) in [5, 5.41) is 0. The molecular weight excluding hydrogens is 119 g/mol. The van der Waals surface area contributed by atoms with Gasteiger partial charge in [-0.1, -0.05) is 19.2 Å². The zero-order valence-electron chi connectivity index (χ0n) is 5.11. The second-order valence-corrected chi connectivity index (χ2v) is 2.44. The molecule has 0 aromatic carbocycles. The highest BCUT2D eigenvalue weighted by Crippen LogP contribution is 2.13. The molecule has 0 aromatic heterocycles. The Morgan fingerprint density at radius 1 is 1.88 bits per heavy atom. The zero-order chi connectivity index (χ0) is 6.41. The second-order valence-electron chi connectivity index (χ2n) is 1.39. The molecule has 0 amide bonds. The molecule has 0 N–H and O–H groups in total. The van der Waals surface area contributed by atoms with Crippen LogP contribution in [0.1, 0.15) is 0 Å². The summed E-state index contributed by atoms with van der Waals surface area (Å²) in [4.78, 5) is 0. The van der Waals surface area contributed by atoms with E-state index < -0.39 is 0 Å². The first-order chi connectivity index (χ1) is 3.81. The van der Waals surface area contributed by atoms with Gasteiger partial charge in [-0.15, -0.1) is 0 Å². The quantitative estimate of drug-likeness (QED) is 0.417. The fourth-order valence-electron chi connectivity index (χ4n) is 0.237. The summed E-state index contributed by atoms with van der Waals surface area (Å²) in [7, 11) is 2.22. The molecule has 0 saturated carbocycles. The minimum atomic E-state index is 0.531. The van der Waals surface area contributed by atoms with E-state index in [4.69, 9.17) is 4.52 Å². The van der Waals surface area contributed by atoms with Crippen LogP contribution in [0.5, 0.6) is 0 Å². The number of hydrogen-bond donors (Lipinski definition) is 0. The first-order valence-electron chi connectivity index (χ1n) is 2.37. The molecule has 2 heteroatoms. The van der Waals surface area contributed by atoms with Gasteiger partial charge >= 0.3 is 0 Å². The lowest BCUT2D eigenvalue weighted by atomic mass is 10.4. The Hall–Kier alpha value is -0.130. The minimum absolute atomic E-state index is 0.531. The lowest BCUT2D eigenvalue weighted by molar-refractivity contribution is 0.477. The minimum Gasteiger partial charge on any atom is -0.365 e. The number of allylic oxidation sites excluding steroid dienone is 2. The topological polar surface area (TPSA) is 9.23 Å². The van der Waals surface area contributed by atoms with Crippen molar-refractivity contribution in [3.8, 4) is 0 Å². The average Bonchev–Trinajstić information content (AvgIpc) is 1.83. The van der Waals surface area contributed by atoms with E-state index in [1.54, 1.807) is 13.2 Å². The highest BCUT2D eigenvalue weighted by molar-refractivity contribution is 7.32. The summed E-state index contributed by atoms with van der Waals surface area (Å²) >= 11 is 0. The van der Waals surface area contributed by atoms with Crippen LogP contribution in [-0.4, -0.2) is 13.3 Å². The molecule has 0 aliphatic heterocycles.